The van der Waals surface area contributed by atoms with Crippen LogP contribution in [0.15, 0.2) is 18.2 Å². The normalized spacial score (nSPS) is 9.50. The van der Waals surface area contributed by atoms with Crippen LogP contribution in [0.2, 0.25) is 0 Å². The number of aromatic nitrogens is 1. The second-order valence-electron chi connectivity index (χ2n) is 2.91. The van der Waals surface area contributed by atoms with Crippen LogP contribution in [-0.2, 0) is 4.74 Å². The maximum Gasteiger partial charge on any atom is 0.337 e. The lowest BCUT2D eigenvalue weighted by molar-refractivity contribution is 0.0601. The molecule has 0 unspecified atom stereocenters. The van der Waals surface area contributed by atoms with Crippen molar-refractivity contribution in [1.82, 2.24) is 4.98 Å². The number of hydrogen-bond acceptors (Lipinski definition) is 4. The number of thiazole rings is 1. The van der Waals surface area contributed by atoms with Crippen molar-refractivity contribution >= 4 is 27.5 Å². The first kappa shape index (κ1) is 12.6. The molecule has 0 radical (unpaired) electrons. The van der Waals surface area contributed by atoms with Crippen molar-refractivity contribution in [3.05, 3.63) is 28.8 Å². The molecule has 1 aromatic heterocycles. The topological polar surface area (TPSA) is 39.2 Å². The quantitative estimate of drug-likeness (QED) is 0.713. The van der Waals surface area contributed by atoms with Gasteiger partial charge in [-0.2, -0.15) is 0 Å². The van der Waals surface area contributed by atoms with Gasteiger partial charge in [0.1, 0.15) is 0 Å². The number of ether oxygens (including phenoxy) is 1. The highest BCUT2D eigenvalue weighted by Gasteiger charge is 2.07. The van der Waals surface area contributed by atoms with Crippen LogP contribution in [0.4, 0.5) is 0 Å². The Morgan fingerprint density at radius 2 is 2.06 bits per heavy atom. The zero-order valence-corrected chi connectivity index (χ0v) is 10.7. The minimum absolute atomic E-state index is 0.322. The molecule has 2 rings (SSSR count). The first-order valence-corrected chi connectivity index (χ1v) is 5.98. The van der Waals surface area contributed by atoms with E-state index in [1.54, 1.807) is 23.5 Å². The van der Waals surface area contributed by atoms with Crippen LogP contribution in [0.3, 0.4) is 0 Å². The van der Waals surface area contributed by atoms with E-state index < -0.39 is 0 Å². The maximum atomic E-state index is 11.2. The molecule has 0 aliphatic heterocycles. The Hall–Kier alpha value is -1.42. The van der Waals surface area contributed by atoms with E-state index in [1.807, 2.05) is 26.8 Å². The minimum atomic E-state index is -0.322. The Bertz CT molecular complexity index is 491. The Kier molecular flexibility index (Phi) is 4.43. The summed E-state index contributed by atoms with van der Waals surface area (Å²) in [6.07, 6.45) is 0. The Labute approximate surface area is 99.1 Å². The largest absolute Gasteiger partial charge is 0.465 e. The van der Waals surface area contributed by atoms with E-state index in [1.165, 1.54) is 7.11 Å². The summed E-state index contributed by atoms with van der Waals surface area (Å²) in [5.74, 6) is -0.322. The molecule has 4 heteroatoms. The molecule has 2 aromatic rings. The van der Waals surface area contributed by atoms with Crippen LogP contribution in [-0.4, -0.2) is 18.1 Å². The van der Waals surface area contributed by atoms with Gasteiger partial charge in [0.2, 0.25) is 0 Å². The molecule has 1 aromatic carbocycles. The second-order valence-corrected chi connectivity index (χ2v) is 4.14. The Morgan fingerprint density at radius 3 is 2.69 bits per heavy atom. The maximum absolute atomic E-state index is 11.2. The summed E-state index contributed by atoms with van der Waals surface area (Å²) in [6, 6.07) is 5.41. The Balaban J connectivity index is 0.000000606. The third kappa shape index (κ3) is 2.58. The molecular formula is C12H15NO2S. The van der Waals surface area contributed by atoms with E-state index in [9.17, 15) is 4.79 Å². The molecule has 0 spiro atoms. The molecule has 0 N–H and O–H groups in total. The second kappa shape index (κ2) is 5.61. The van der Waals surface area contributed by atoms with Crippen molar-refractivity contribution in [2.75, 3.05) is 7.11 Å². The fourth-order valence-corrected chi connectivity index (χ4v) is 2.09. The molecule has 0 aliphatic rings. The number of benzene rings is 1. The van der Waals surface area contributed by atoms with Gasteiger partial charge in [-0.15, -0.1) is 11.3 Å². The monoisotopic (exact) mass is 237 g/mol. The lowest BCUT2D eigenvalue weighted by Crippen LogP contribution is -2.00. The standard InChI is InChI=1S/C10H9NO2S.C2H6/c1-6-11-8-5-7(10(12)13-2)3-4-9(8)14-6;1-2/h3-5H,1-2H3;1-2H3. The van der Waals surface area contributed by atoms with Crippen LogP contribution < -0.4 is 0 Å². The number of esters is 1. The molecule has 86 valence electrons. The first-order chi connectivity index (χ1) is 7.70. The summed E-state index contributed by atoms with van der Waals surface area (Å²) in [4.78, 5) is 15.5. The van der Waals surface area contributed by atoms with Crippen molar-refractivity contribution in [1.29, 1.82) is 0 Å². The highest BCUT2D eigenvalue weighted by Crippen LogP contribution is 2.22. The van der Waals surface area contributed by atoms with Crippen molar-refractivity contribution in [3.63, 3.8) is 0 Å². The fourth-order valence-electron chi connectivity index (χ4n) is 1.29. The number of methoxy groups -OCH3 is 1. The van der Waals surface area contributed by atoms with Crippen molar-refractivity contribution in [3.8, 4) is 0 Å². The van der Waals surface area contributed by atoms with Gasteiger partial charge in [0.15, 0.2) is 0 Å². The van der Waals surface area contributed by atoms with Crippen LogP contribution in [0.5, 0.6) is 0 Å². The highest BCUT2D eigenvalue weighted by molar-refractivity contribution is 7.18. The van der Waals surface area contributed by atoms with E-state index in [0.29, 0.717) is 5.56 Å². The molecule has 1 heterocycles. The average molecular weight is 237 g/mol. The number of carbonyl (C=O) groups excluding carboxylic acids is 1. The van der Waals surface area contributed by atoms with Crippen LogP contribution in [0.25, 0.3) is 10.2 Å². The predicted octanol–water partition coefficient (Wildman–Crippen LogP) is 3.42. The number of rotatable bonds is 1. The van der Waals surface area contributed by atoms with Gasteiger partial charge < -0.3 is 4.74 Å². The van der Waals surface area contributed by atoms with Gasteiger partial charge in [-0.05, 0) is 25.1 Å². The molecule has 0 amide bonds. The third-order valence-corrected chi connectivity index (χ3v) is 2.87. The summed E-state index contributed by atoms with van der Waals surface area (Å²) in [5.41, 5.74) is 1.40. The molecule has 0 saturated carbocycles. The lowest BCUT2D eigenvalue weighted by atomic mass is 10.2. The van der Waals surface area contributed by atoms with Crippen LogP contribution in [0, 0.1) is 6.92 Å². The van der Waals surface area contributed by atoms with E-state index in [2.05, 4.69) is 9.72 Å². The van der Waals surface area contributed by atoms with Gasteiger partial charge in [-0.1, -0.05) is 13.8 Å². The summed E-state index contributed by atoms with van der Waals surface area (Å²) >= 11 is 1.62. The number of nitrogens with zero attached hydrogens (tertiary/aromatic N) is 1. The zero-order valence-electron chi connectivity index (χ0n) is 9.90. The molecule has 0 fully saturated rings. The van der Waals surface area contributed by atoms with Crippen LogP contribution in [0.1, 0.15) is 29.2 Å². The molecule has 16 heavy (non-hydrogen) atoms. The summed E-state index contributed by atoms with van der Waals surface area (Å²) in [6.45, 7) is 5.95. The number of carbonyl (C=O) groups is 1. The molecular weight excluding hydrogens is 222 g/mol. The molecule has 0 atom stereocenters. The van der Waals surface area contributed by atoms with E-state index in [0.717, 1.165) is 15.2 Å². The van der Waals surface area contributed by atoms with Crippen molar-refractivity contribution < 1.29 is 9.53 Å². The molecule has 3 nitrogen and oxygen atoms in total. The number of hydrogen-bond donors (Lipinski definition) is 0. The van der Waals surface area contributed by atoms with Crippen LogP contribution >= 0.6 is 11.3 Å². The number of fused-ring (bicyclic) bond motifs is 1. The SMILES string of the molecule is CC.COC(=O)c1ccc2sc(C)nc2c1. The summed E-state index contributed by atoms with van der Waals surface area (Å²) in [5, 5.41) is 1.00. The highest BCUT2D eigenvalue weighted by atomic mass is 32.1. The van der Waals surface area contributed by atoms with E-state index >= 15 is 0 Å². The van der Waals surface area contributed by atoms with Gasteiger partial charge in [0, 0.05) is 0 Å². The lowest BCUT2D eigenvalue weighted by Gasteiger charge is -1.97. The summed E-state index contributed by atoms with van der Waals surface area (Å²) < 4.78 is 5.72. The molecule has 0 aliphatic carbocycles. The average Bonchev–Trinajstić information content (AvgIpc) is 2.69. The van der Waals surface area contributed by atoms with Gasteiger partial charge in [-0.25, -0.2) is 9.78 Å². The third-order valence-electron chi connectivity index (χ3n) is 1.92. The van der Waals surface area contributed by atoms with Gasteiger partial charge >= 0.3 is 5.97 Å². The van der Waals surface area contributed by atoms with Gasteiger partial charge in [0.25, 0.3) is 0 Å². The van der Waals surface area contributed by atoms with Gasteiger partial charge in [-0.3, -0.25) is 0 Å². The minimum Gasteiger partial charge on any atom is -0.465 e. The molecule has 0 saturated heterocycles. The van der Waals surface area contributed by atoms with Gasteiger partial charge in [0.05, 0.1) is 27.9 Å². The predicted molar refractivity (Wildman–Crippen MR) is 67.0 cm³/mol. The smallest absolute Gasteiger partial charge is 0.337 e. The summed E-state index contributed by atoms with van der Waals surface area (Å²) in [7, 11) is 1.37. The molecule has 0 bridgehead atoms. The zero-order chi connectivity index (χ0) is 12.1. The van der Waals surface area contributed by atoms with Crippen molar-refractivity contribution in [2.24, 2.45) is 0 Å². The van der Waals surface area contributed by atoms with E-state index in [4.69, 9.17) is 0 Å². The van der Waals surface area contributed by atoms with Crippen molar-refractivity contribution in [2.45, 2.75) is 20.8 Å². The Morgan fingerprint density at radius 1 is 1.38 bits per heavy atom. The van der Waals surface area contributed by atoms with E-state index in [-0.39, 0.29) is 5.97 Å². The fraction of sp³-hybridized carbons (Fsp3) is 0.333. The first-order valence-electron chi connectivity index (χ1n) is 5.16. The number of aryl methyl sites for hydroxylation is 1.